The van der Waals surface area contributed by atoms with Crippen LogP contribution in [0.2, 0.25) is 0 Å². The number of aryl methyl sites for hydroxylation is 1. The highest BCUT2D eigenvalue weighted by molar-refractivity contribution is 6.00. The molecule has 0 saturated carbocycles. The fourth-order valence-electron chi connectivity index (χ4n) is 1.93. The van der Waals surface area contributed by atoms with E-state index in [1.807, 2.05) is 19.1 Å². The largest absolute Gasteiger partial charge is 0.480 e. The number of aliphatic hydroxyl groups is 1. The number of rotatable bonds is 4. The van der Waals surface area contributed by atoms with E-state index in [2.05, 4.69) is 10.3 Å². The third-order valence-electron chi connectivity index (χ3n) is 2.85. The van der Waals surface area contributed by atoms with Crippen LogP contribution in [-0.4, -0.2) is 33.8 Å². The SMILES string of the molecule is Cc1cc(N)c2ccnc(NC(CO)C(=O)O)c2c1. The Balaban J connectivity index is 2.52. The highest BCUT2D eigenvalue weighted by atomic mass is 16.4. The molecule has 1 aromatic carbocycles. The number of aliphatic hydroxyl groups excluding tert-OH is 1. The number of carbonyl (C=O) groups is 1. The highest BCUT2D eigenvalue weighted by Crippen LogP contribution is 2.27. The molecule has 0 aliphatic heterocycles. The van der Waals surface area contributed by atoms with Gasteiger partial charge in [0.15, 0.2) is 0 Å². The number of hydrogen-bond acceptors (Lipinski definition) is 5. The predicted octanol–water partition coefficient (Wildman–Crippen LogP) is 0.983. The molecular formula is C13H15N3O3. The normalized spacial score (nSPS) is 12.3. The second kappa shape index (κ2) is 5.11. The Labute approximate surface area is 109 Å². The molecule has 5 N–H and O–H groups in total. The van der Waals surface area contributed by atoms with Crippen LogP contribution < -0.4 is 11.1 Å². The van der Waals surface area contributed by atoms with E-state index in [0.29, 0.717) is 11.5 Å². The third kappa shape index (κ3) is 2.58. The Kier molecular flexibility index (Phi) is 3.52. The van der Waals surface area contributed by atoms with Gasteiger partial charge in [0, 0.05) is 22.7 Å². The maximum absolute atomic E-state index is 10.9. The molecule has 1 atom stereocenters. The molecule has 0 bridgehead atoms. The van der Waals surface area contributed by atoms with Crippen molar-refractivity contribution in [3.05, 3.63) is 30.0 Å². The first-order chi connectivity index (χ1) is 9.02. The monoisotopic (exact) mass is 261 g/mol. The number of carboxylic acids is 1. The zero-order chi connectivity index (χ0) is 14.0. The van der Waals surface area contributed by atoms with Crippen molar-refractivity contribution in [2.75, 3.05) is 17.7 Å². The summed E-state index contributed by atoms with van der Waals surface area (Å²) < 4.78 is 0. The lowest BCUT2D eigenvalue weighted by Crippen LogP contribution is -2.33. The fraction of sp³-hybridized carbons (Fsp3) is 0.231. The minimum Gasteiger partial charge on any atom is -0.480 e. The van der Waals surface area contributed by atoms with Gasteiger partial charge in [-0.1, -0.05) is 0 Å². The number of aliphatic carboxylic acids is 1. The third-order valence-corrected chi connectivity index (χ3v) is 2.85. The minimum atomic E-state index is -1.14. The number of aromatic nitrogens is 1. The summed E-state index contributed by atoms with van der Waals surface area (Å²) in [5.74, 6) is -0.740. The predicted molar refractivity (Wildman–Crippen MR) is 73.0 cm³/mol. The van der Waals surface area contributed by atoms with Crippen molar-refractivity contribution in [3.8, 4) is 0 Å². The standard InChI is InChI=1S/C13H15N3O3/c1-7-4-9-8(10(14)5-7)2-3-15-12(9)16-11(6-17)13(18)19/h2-5,11,17H,6,14H2,1H3,(H,15,16)(H,18,19). The molecule has 0 spiro atoms. The summed E-state index contributed by atoms with van der Waals surface area (Å²) in [5, 5.41) is 22.2. The van der Waals surface area contributed by atoms with E-state index in [1.165, 1.54) is 0 Å². The summed E-state index contributed by atoms with van der Waals surface area (Å²) in [6.07, 6.45) is 1.55. The lowest BCUT2D eigenvalue weighted by Gasteiger charge is -2.15. The van der Waals surface area contributed by atoms with Crippen LogP contribution in [0.1, 0.15) is 5.56 Å². The molecule has 6 heteroatoms. The number of hydrogen-bond donors (Lipinski definition) is 4. The molecule has 6 nitrogen and oxygen atoms in total. The van der Waals surface area contributed by atoms with Crippen molar-refractivity contribution in [2.45, 2.75) is 13.0 Å². The van der Waals surface area contributed by atoms with E-state index in [1.54, 1.807) is 12.3 Å². The number of nitrogen functional groups attached to an aromatic ring is 1. The van der Waals surface area contributed by atoms with Gasteiger partial charge in [0.2, 0.25) is 0 Å². The van der Waals surface area contributed by atoms with Gasteiger partial charge in [-0.25, -0.2) is 9.78 Å². The van der Waals surface area contributed by atoms with Gasteiger partial charge in [0.25, 0.3) is 0 Å². The van der Waals surface area contributed by atoms with Gasteiger partial charge in [0.1, 0.15) is 11.9 Å². The topological polar surface area (TPSA) is 108 Å². The van der Waals surface area contributed by atoms with Crippen molar-refractivity contribution >= 4 is 28.2 Å². The lowest BCUT2D eigenvalue weighted by molar-refractivity contribution is -0.138. The van der Waals surface area contributed by atoms with E-state index < -0.39 is 18.6 Å². The summed E-state index contributed by atoms with van der Waals surface area (Å²) in [7, 11) is 0. The zero-order valence-electron chi connectivity index (χ0n) is 10.4. The molecule has 100 valence electrons. The summed E-state index contributed by atoms with van der Waals surface area (Å²) in [6, 6.07) is 4.38. The van der Waals surface area contributed by atoms with E-state index >= 15 is 0 Å². The molecule has 2 rings (SSSR count). The van der Waals surface area contributed by atoms with Crippen molar-refractivity contribution < 1.29 is 15.0 Å². The molecule has 0 radical (unpaired) electrons. The van der Waals surface area contributed by atoms with Crippen LogP contribution in [0.25, 0.3) is 10.8 Å². The molecule has 1 aromatic heterocycles. The maximum atomic E-state index is 10.9. The van der Waals surface area contributed by atoms with Crippen LogP contribution in [0.4, 0.5) is 11.5 Å². The summed E-state index contributed by atoms with van der Waals surface area (Å²) in [4.78, 5) is 15.0. The summed E-state index contributed by atoms with van der Waals surface area (Å²) >= 11 is 0. The first-order valence-corrected chi connectivity index (χ1v) is 5.78. The Morgan fingerprint density at radius 1 is 1.47 bits per heavy atom. The van der Waals surface area contributed by atoms with Crippen LogP contribution in [-0.2, 0) is 4.79 Å². The molecule has 1 unspecified atom stereocenters. The minimum absolute atomic E-state index is 0.398. The Morgan fingerprint density at radius 2 is 2.21 bits per heavy atom. The molecular weight excluding hydrogens is 246 g/mol. The Morgan fingerprint density at radius 3 is 2.84 bits per heavy atom. The summed E-state index contributed by atoms with van der Waals surface area (Å²) in [6.45, 7) is 1.38. The average Bonchev–Trinajstić information content (AvgIpc) is 2.35. The molecule has 19 heavy (non-hydrogen) atoms. The number of nitrogens with zero attached hydrogens (tertiary/aromatic N) is 1. The van der Waals surface area contributed by atoms with Crippen LogP contribution in [0.15, 0.2) is 24.4 Å². The maximum Gasteiger partial charge on any atom is 0.328 e. The smallest absolute Gasteiger partial charge is 0.328 e. The first-order valence-electron chi connectivity index (χ1n) is 5.78. The van der Waals surface area contributed by atoms with Crippen molar-refractivity contribution in [1.82, 2.24) is 4.98 Å². The molecule has 2 aromatic rings. The fourth-order valence-corrected chi connectivity index (χ4v) is 1.93. The van der Waals surface area contributed by atoms with Crippen molar-refractivity contribution in [3.63, 3.8) is 0 Å². The van der Waals surface area contributed by atoms with E-state index in [0.717, 1.165) is 16.3 Å². The van der Waals surface area contributed by atoms with Crippen LogP contribution >= 0.6 is 0 Å². The van der Waals surface area contributed by atoms with Crippen LogP contribution in [0.5, 0.6) is 0 Å². The van der Waals surface area contributed by atoms with Crippen LogP contribution in [0.3, 0.4) is 0 Å². The number of benzene rings is 1. The number of carboxylic acid groups (broad SMARTS) is 1. The molecule has 1 heterocycles. The van der Waals surface area contributed by atoms with Gasteiger partial charge >= 0.3 is 5.97 Å². The van der Waals surface area contributed by atoms with Crippen molar-refractivity contribution in [2.24, 2.45) is 0 Å². The molecule has 0 amide bonds. The second-order valence-corrected chi connectivity index (χ2v) is 4.33. The number of fused-ring (bicyclic) bond motifs is 1. The molecule has 0 fully saturated rings. The van der Waals surface area contributed by atoms with E-state index in [4.69, 9.17) is 15.9 Å². The van der Waals surface area contributed by atoms with Gasteiger partial charge in [-0.15, -0.1) is 0 Å². The molecule has 0 saturated heterocycles. The first kappa shape index (κ1) is 13.1. The van der Waals surface area contributed by atoms with Crippen LogP contribution in [0, 0.1) is 6.92 Å². The number of nitrogens with two attached hydrogens (primary N) is 1. The quantitative estimate of drug-likeness (QED) is 0.611. The number of pyridine rings is 1. The van der Waals surface area contributed by atoms with E-state index in [-0.39, 0.29) is 0 Å². The highest BCUT2D eigenvalue weighted by Gasteiger charge is 2.17. The zero-order valence-corrected chi connectivity index (χ0v) is 10.4. The lowest BCUT2D eigenvalue weighted by atomic mass is 10.1. The number of nitrogens with one attached hydrogen (secondary N) is 1. The van der Waals surface area contributed by atoms with E-state index in [9.17, 15) is 4.79 Å². The van der Waals surface area contributed by atoms with Gasteiger partial charge in [0.05, 0.1) is 6.61 Å². The van der Waals surface area contributed by atoms with Gasteiger partial charge in [-0.05, 0) is 30.7 Å². The number of anilines is 2. The summed E-state index contributed by atoms with van der Waals surface area (Å²) in [5.41, 5.74) is 7.49. The molecule has 0 aliphatic carbocycles. The van der Waals surface area contributed by atoms with Gasteiger partial charge in [-0.2, -0.15) is 0 Å². The van der Waals surface area contributed by atoms with Crippen molar-refractivity contribution in [1.29, 1.82) is 0 Å². The second-order valence-electron chi connectivity index (χ2n) is 4.33. The Hall–Kier alpha value is -2.34. The van der Waals surface area contributed by atoms with Gasteiger partial charge in [-0.3, -0.25) is 0 Å². The van der Waals surface area contributed by atoms with Gasteiger partial charge < -0.3 is 21.3 Å². The molecule has 0 aliphatic rings. The average molecular weight is 261 g/mol. The Bertz CT molecular complexity index is 628.